The highest BCUT2D eigenvalue weighted by Crippen LogP contribution is 2.45. The van der Waals surface area contributed by atoms with Crippen LogP contribution in [-0.4, -0.2) is 96.7 Å². The van der Waals surface area contributed by atoms with E-state index in [-0.39, 0.29) is 25.7 Å². The number of carbonyl (C=O) groups excluding carboxylic acids is 4. The first-order valence-corrected chi connectivity index (χ1v) is 41.1. The average Bonchev–Trinajstić information content (AvgIpc) is 1.57. The van der Waals surface area contributed by atoms with Crippen LogP contribution >= 0.6 is 15.6 Å². The van der Waals surface area contributed by atoms with E-state index in [1.807, 2.05) is 0 Å². The van der Waals surface area contributed by atoms with E-state index in [1.165, 1.54) is 205 Å². The maximum absolute atomic E-state index is 13.1. The second-order valence-corrected chi connectivity index (χ2v) is 29.7. The fourth-order valence-electron chi connectivity index (χ4n) is 11.2. The van der Waals surface area contributed by atoms with Crippen molar-refractivity contribution in [1.29, 1.82) is 0 Å². The molecule has 0 aromatic carbocycles. The van der Waals surface area contributed by atoms with Crippen LogP contribution in [0.5, 0.6) is 0 Å². The molecule has 0 bridgehead atoms. The maximum Gasteiger partial charge on any atom is 0.472 e. The maximum atomic E-state index is 13.1. The van der Waals surface area contributed by atoms with Crippen molar-refractivity contribution in [3.63, 3.8) is 0 Å². The van der Waals surface area contributed by atoms with Gasteiger partial charge in [0.05, 0.1) is 26.4 Å². The summed E-state index contributed by atoms with van der Waals surface area (Å²) in [7, 11) is -9.90. The Hall–Kier alpha value is -1.94. The van der Waals surface area contributed by atoms with E-state index in [1.54, 1.807) is 0 Å². The summed E-state index contributed by atoms with van der Waals surface area (Å²) in [4.78, 5) is 72.7. The van der Waals surface area contributed by atoms with Crippen LogP contribution in [0.2, 0.25) is 0 Å². The number of phosphoric acid groups is 2. The third kappa shape index (κ3) is 66.7. The predicted molar refractivity (Wildman–Crippen MR) is 372 cm³/mol. The van der Waals surface area contributed by atoms with Crippen LogP contribution in [0.4, 0.5) is 0 Å². The summed E-state index contributed by atoms with van der Waals surface area (Å²) < 4.78 is 68.4. The molecule has 19 heteroatoms. The summed E-state index contributed by atoms with van der Waals surface area (Å²) >= 11 is 0. The molecule has 0 saturated heterocycles. The minimum atomic E-state index is -4.95. The topological polar surface area (TPSA) is 237 Å². The molecule has 0 aromatic rings. The first-order valence-electron chi connectivity index (χ1n) is 38.1. The van der Waals surface area contributed by atoms with Crippen LogP contribution in [0, 0.1) is 5.92 Å². The Morgan fingerprint density at radius 3 is 0.739 bits per heavy atom. The summed E-state index contributed by atoms with van der Waals surface area (Å²) in [6, 6.07) is 0. The van der Waals surface area contributed by atoms with Crippen molar-refractivity contribution in [3.8, 4) is 0 Å². The Morgan fingerprint density at radius 2 is 0.500 bits per heavy atom. The average molecular weight is 1350 g/mol. The molecule has 0 aromatic heterocycles. The van der Waals surface area contributed by atoms with Gasteiger partial charge in [-0.25, -0.2) is 9.13 Å². The molecule has 2 unspecified atom stereocenters. The first-order chi connectivity index (χ1) is 44.5. The van der Waals surface area contributed by atoms with Gasteiger partial charge in [-0.2, -0.15) is 0 Å². The number of rotatable bonds is 73. The van der Waals surface area contributed by atoms with Crippen molar-refractivity contribution in [3.05, 3.63) is 0 Å². The van der Waals surface area contributed by atoms with Crippen molar-refractivity contribution in [2.24, 2.45) is 5.92 Å². The Morgan fingerprint density at radius 1 is 0.293 bits per heavy atom. The zero-order valence-electron chi connectivity index (χ0n) is 59.7. The largest absolute Gasteiger partial charge is 0.472 e. The molecular weight excluding hydrogens is 1210 g/mol. The number of esters is 4. The molecule has 546 valence electrons. The monoisotopic (exact) mass is 1350 g/mol. The minimum Gasteiger partial charge on any atom is -0.462 e. The van der Waals surface area contributed by atoms with Crippen LogP contribution in [-0.2, 0) is 65.4 Å². The minimum absolute atomic E-state index is 0.107. The van der Waals surface area contributed by atoms with Crippen molar-refractivity contribution in [2.45, 2.75) is 400 Å². The van der Waals surface area contributed by atoms with Gasteiger partial charge in [0.1, 0.15) is 19.3 Å². The van der Waals surface area contributed by atoms with Gasteiger partial charge in [0, 0.05) is 25.7 Å². The van der Waals surface area contributed by atoms with E-state index in [9.17, 15) is 43.2 Å². The number of carbonyl (C=O) groups is 4. The smallest absolute Gasteiger partial charge is 0.462 e. The Kier molecular flexibility index (Phi) is 64.9. The summed E-state index contributed by atoms with van der Waals surface area (Å²) in [6.45, 7) is 7.28. The quantitative estimate of drug-likeness (QED) is 0.0222. The zero-order chi connectivity index (χ0) is 67.7. The van der Waals surface area contributed by atoms with Gasteiger partial charge in [0.15, 0.2) is 12.2 Å². The van der Waals surface area contributed by atoms with Gasteiger partial charge in [-0.3, -0.25) is 37.3 Å². The highest BCUT2D eigenvalue weighted by molar-refractivity contribution is 7.47. The molecule has 5 atom stereocenters. The standard InChI is InChI=1S/C73H142O17P2/c1-6-9-12-15-18-21-24-25-26-27-28-34-39-44-49-54-59-73(78)90-69(63-84-71(76)57-52-47-42-37-33-30-29-32-35-40-45-50-55-66(4)5)65-88-92(81,82)86-61-67(74)60-85-91(79,80)87-64-68(62-83-70(75)56-51-46-41-36-23-20-17-14-11-8-3)89-72(77)58-53-48-43-38-31-22-19-16-13-10-7-2/h66-69,74H,6-65H2,1-5H3,(H,79,80)(H,81,82)/t67-,68+,69+/m0/s1. The molecule has 0 heterocycles. The van der Waals surface area contributed by atoms with Gasteiger partial charge in [-0.15, -0.1) is 0 Å². The van der Waals surface area contributed by atoms with Crippen LogP contribution in [0.15, 0.2) is 0 Å². The molecule has 0 saturated carbocycles. The second kappa shape index (κ2) is 66.3. The number of aliphatic hydroxyl groups excluding tert-OH is 1. The van der Waals surface area contributed by atoms with E-state index in [0.717, 1.165) is 95.8 Å². The lowest BCUT2D eigenvalue weighted by molar-refractivity contribution is -0.161. The van der Waals surface area contributed by atoms with Gasteiger partial charge >= 0.3 is 39.5 Å². The van der Waals surface area contributed by atoms with Gasteiger partial charge in [0.2, 0.25) is 0 Å². The zero-order valence-corrected chi connectivity index (χ0v) is 61.5. The highest BCUT2D eigenvalue weighted by Gasteiger charge is 2.30. The van der Waals surface area contributed by atoms with E-state index in [0.29, 0.717) is 25.7 Å². The van der Waals surface area contributed by atoms with Crippen LogP contribution in [0.1, 0.15) is 381 Å². The van der Waals surface area contributed by atoms with Crippen LogP contribution in [0.25, 0.3) is 0 Å². The predicted octanol–water partition coefficient (Wildman–Crippen LogP) is 21.3. The number of unbranched alkanes of at least 4 members (excludes halogenated alkanes) is 45. The van der Waals surface area contributed by atoms with Crippen molar-refractivity contribution >= 4 is 39.5 Å². The number of hydrogen-bond acceptors (Lipinski definition) is 15. The second-order valence-electron chi connectivity index (χ2n) is 26.8. The molecular formula is C73H142O17P2. The number of phosphoric ester groups is 2. The lowest BCUT2D eigenvalue weighted by atomic mass is 10.0. The summed E-state index contributed by atoms with van der Waals surface area (Å²) in [5.74, 6) is -1.33. The molecule has 0 rings (SSSR count). The lowest BCUT2D eigenvalue weighted by Crippen LogP contribution is -2.30. The Labute approximate surface area is 562 Å². The van der Waals surface area contributed by atoms with Gasteiger partial charge in [-0.05, 0) is 31.6 Å². The van der Waals surface area contributed by atoms with Crippen LogP contribution in [0.3, 0.4) is 0 Å². The molecule has 0 radical (unpaired) electrons. The lowest BCUT2D eigenvalue weighted by Gasteiger charge is -2.21. The molecule has 17 nitrogen and oxygen atoms in total. The van der Waals surface area contributed by atoms with E-state index >= 15 is 0 Å². The number of aliphatic hydroxyl groups is 1. The number of hydrogen-bond donors (Lipinski definition) is 3. The highest BCUT2D eigenvalue weighted by atomic mass is 31.2. The molecule has 0 amide bonds. The Balaban J connectivity index is 5.24. The van der Waals surface area contributed by atoms with E-state index in [4.69, 9.17) is 37.0 Å². The van der Waals surface area contributed by atoms with Crippen molar-refractivity contribution < 1.29 is 80.2 Å². The molecule has 0 aliphatic heterocycles. The van der Waals surface area contributed by atoms with Crippen LogP contribution < -0.4 is 0 Å². The molecule has 0 aliphatic carbocycles. The molecule has 0 fully saturated rings. The van der Waals surface area contributed by atoms with Crippen molar-refractivity contribution in [1.82, 2.24) is 0 Å². The summed E-state index contributed by atoms with van der Waals surface area (Å²) in [5.41, 5.74) is 0. The molecule has 92 heavy (non-hydrogen) atoms. The van der Waals surface area contributed by atoms with Gasteiger partial charge in [0.25, 0.3) is 0 Å². The van der Waals surface area contributed by atoms with Gasteiger partial charge in [-0.1, -0.05) is 330 Å². The molecule has 3 N–H and O–H groups in total. The molecule has 0 spiro atoms. The Bertz CT molecular complexity index is 1770. The fourth-order valence-corrected chi connectivity index (χ4v) is 12.8. The molecule has 0 aliphatic rings. The SMILES string of the molecule is CCCCCCCCCCCCCCCCCCC(=O)O[C@H](COC(=O)CCCCCCCCCCCCCCC(C)C)COP(=O)(O)OC[C@@H](O)COP(=O)(O)OC[C@@H](COC(=O)CCCCCCCCCCCC)OC(=O)CCCCCCCCCCCCC. The van der Waals surface area contributed by atoms with E-state index < -0.39 is 97.5 Å². The fraction of sp³-hybridized carbons (Fsp3) is 0.945. The first kappa shape index (κ1) is 90.1. The number of ether oxygens (including phenoxy) is 4. The summed E-state index contributed by atoms with van der Waals surface area (Å²) in [5, 5.41) is 10.6. The normalized spacial score (nSPS) is 14.0. The third-order valence-electron chi connectivity index (χ3n) is 17.0. The third-order valence-corrected chi connectivity index (χ3v) is 18.9. The summed E-state index contributed by atoms with van der Waals surface area (Å²) in [6.07, 6.45) is 53.9. The van der Waals surface area contributed by atoms with Crippen molar-refractivity contribution in [2.75, 3.05) is 39.6 Å². The van der Waals surface area contributed by atoms with E-state index in [2.05, 4.69) is 34.6 Å². The van der Waals surface area contributed by atoms with Gasteiger partial charge < -0.3 is 33.8 Å².